The van der Waals surface area contributed by atoms with Crippen molar-refractivity contribution in [2.75, 3.05) is 5.32 Å². The second-order valence-corrected chi connectivity index (χ2v) is 6.21. The highest BCUT2D eigenvalue weighted by molar-refractivity contribution is 7.14. The summed E-state index contributed by atoms with van der Waals surface area (Å²) >= 11 is 1.27. The standard InChI is InChI=1S/C18H15N3O4S/c1-12(25-17(23)15-9-5-6-10-21(15)24)16(22)20-18-19-14(11-26-18)13-7-3-2-4-8-13/h2-12H,1H3,(H,19,20,22)/t12-/m1/s1. The van der Waals surface area contributed by atoms with Crippen molar-refractivity contribution in [2.24, 2.45) is 0 Å². The predicted octanol–water partition coefficient (Wildman–Crippen LogP) is 2.63. The zero-order chi connectivity index (χ0) is 18.5. The lowest BCUT2D eigenvalue weighted by Gasteiger charge is -2.11. The van der Waals surface area contributed by atoms with Crippen molar-refractivity contribution in [3.63, 3.8) is 0 Å². The molecule has 1 amide bonds. The van der Waals surface area contributed by atoms with Gasteiger partial charge in [0.05, 0.1) is 5.69 Å². The summed E-state index contributed by atoms with van der Waals surface area (Å²) in [5.41, 5.74) is 1.49. The quantitative estimate of drug-likeness (QED) is 0.424. The number of amides is 1. The molecule has 0 bridgehead atoms. The Morgan fingerprint density at radius 3 is 2.65 bits per heavy atom. The van der Waals surface area contributed by atoms with Crippen LogP contribution in [-0.4, -0.2) is 23.0 Å². The number of anilines is 1. The molecule has 1 aromatic carbocycles. The van der Waals surface area contributed by atoms with Crippen LogP contribution in [0.5, 0.6) is 0 Å². The third-order valence-electron chi connectivity index (χ3n) is 3.49. The van der Waals surface area contributed by atoms with Crippen molar-refractivity contribution in [3.05, 3.63) is 71.0 Å². The fourth-order valence-corrected chi connectivity index (χ4v) is 2.86. The first kappa shape index (κ1) is 17.6. The molecule has 3 rings (SSSR count). The fraction of sp³-hybridized carbons (Fsp3) is 0.111. The molecular formula is C18H15N3O4S. The minimum absolute atomic E-state index is 0.187. The monoisotopic (exact) mass is 369 g/mol. The molecule has 0 fully saturated rings. The Kier molecular flexibility index (Phi) is 5.23. The molecule has 1 atom stereocenters. The van der Waals surface area contributed by atoms with Gasteiger partial charge in [0.1, 0.15) is 0 Å². The van der Waals surface area contributed by atoms with E-state index in [0.29, 0.717) is 9.86 Å². The van der Waals surface area contributed by atoms with E-state index in [1.807, 2.05) is 35.7 Å². The number of aromatic nitrogens is 2. The average Bonchev–Trinajstić information content (AvgIpc) is 3.11. The van der Waals surface area contributed by atoms with Crippen LogP contribution in [0, 0.1) is 5.21 Å². The first-order valence-electron chi connectivity index (χ1n) is 7.75. The molecule has 132 valence electrons. The Labute approximate surface area is 153 Å². The van der Waals surface area contributed by atoms with E-state index >= 15 is 0 Å². The van der Waals surface area contributed by atoms with Crippen molar-refractivity contribution >= 4 is 28.3 Å². The van der Waals surface area contributed by atoms with Crippen molar-refractivity contribution in [3.8, 4) is 11.3 Å². The lowest BCUT2D eigenvalue weighted by molar-refractivity contribution is -0.608. The highest BCUT2D eigenvalue weighted by atomic mass is 32.1. The van der Waals surface area contributed by atoms with Crippen LogP contribution >= 0.6 is 11.3 Å². The van der Waals surface area contributed by atoms with E-state index in [1.165, 1.54) is 42.7 Å². The fourth-order valence-electron chi connectivity index (χ4n) is 2.14. The van der Waals surface area contributed by atoms with Gasteiger partial charge in [-0.25, -0.2) is 9.78 Å². The van der Waals surface area contributed by atoms with Crippen LogP contribution in [0.25, 0.3) is 11.3 Å². The van der Waals surface area contributed by atoms with Crippen LogP contribution in [0.4, 0.5) is 5.13 Å². The SMILES string of the molecule is C[C@@H](OC(=O)c1cccc[n+]1[O-])C(=O)Nc1nc(-c2ccccc2)cs1. The van der Waals surface area contributed by atoms with Gasteiger partial charge in [-0.15, -0.1) is 11.3 Å². The lowest BCUT2D eigenvalue weighted by atomic mass is 10.2. The summed E-state index contributed by atoms with van der Waals surface area (Å²) < 4.78 is 5.44. The number of benzene rings is 1. The van der Waals surface area contributed by atoms with Crippen LogP contribution in [0.3, 0.4) is 0 Å². The first-order chi connectivity index (χ1) is 12.5. The number of thiazole rings is 1. The van der Waals surface area contributed by atoms with E-state index in [2.05, 4.69) is 10.3 Å². The van der Waals surface area contributed by atoms with E-state index < -0.39 is 18.0 Å². The minimum atomic E-state index is -1.08. The largest absolute Gasteiger partial charge is 0.618 e. The molecule has 2 heterocycles. The molecule has 0 aliphatic rings. The Morgan fingerprint density at radius 1 is 1.19 bits per heavy atom. The Bertz CT molecular complexity index is 927. The molecule has 0 saturated heterocycles. The highest BCUT2D eigenvalue weighted by Crippen LogP contribution is 2.24. The van der Waals surface area contributed by atoms with Gasteiger partial charge in [-0.05, 0) is 13.0 Å². The highest BCUT2D eigenvalue weighted by Gasteiger charge is 2.24. The summed E-state index contributed by atoms with van der Waals surface area (Å²) in [6.07, 6.45) is 0.105. The minimum Gasteiger partial charge on any atom is -0.618 e. The maximum absolute atomic E-state index is 12.2. The van der Waals surface area contributed by atoms with Crippen LogP contribution in [0.15, 0.2) is 60.1 Å². The van der Waals surface area contributed by atoms with Crippen LogP contribution in [-0.2, 0) is 9.53 Å². The number of rotatable bonds is 5. The smallest absolute Gasteiger partial charge is 0.405 e. The number of hydrogen-bond donors (Lipinski definition) is 1. The van der Waals surface area contributed by atoms with Gasteiger partial charge in [-0.2, -0.15) is 4.73 Å². The number of carbonyl (C=O) groups excluding carboxylic acids is 2. The molecule has 0 unspecified atom stereocenters. The van der Waals surface area contributed by atoms with Crippen LogP contribution in [0.1, 0.15) is 17.4 Å². The second-order valence-electron chi connectivity index (χ2n) is 5.35. The van der Waals surface area contributed by atoms with Crippen molar-refractivity contribution in [2.45, 2.75) is 13.0 Å². The van der Waals surface area contributed by atoms with Gasteiger partial charge in [0.2, 0.25) is 0 Å². The molecule has 1 N–H and O–H groups in total. The Hall–Kier alpha value is -3.26. The van der Waals surface area contributed by atoms with E-state index in [1.54, 1.807) is 0 Å². The lowest BCUT2D eigenvalue weighted by Crippen LogP contribution is -2.37. The number of esters is 1. The third kappa shape index (κ3) is 4.04. The normalized spacial score (nSPS) is 11.6. The van der Waals surface area contributed by atoms with Crippen molar-refractivity contribution < 1.29 is 19.1 Å². The summed E-state index contributed by atoms with van der Waals surface area (Å²) in [5.74, 6) is -1.40. The third-order valence-corrected chi connectivity index (χ3v) is 4.25. The molecule has 0 spiro atoms. The van der Waals surface area contributed by atoms with Crippen LogP contribution in [0.2, 0.25) is 0 Å². The van der Waals surface area contributed by atoms with E-state index in [4.69, 9.17) is 4.74 Å². The van der Waals surface area contributed by atoms with Gasteiger partial charge in [0.25, 0.3) is 5.91 Å². The van der Waals surface area contributed by atoms with Gasteiger partial charge < -0.3 is 9.94 Å². The first-order valence-corrected chi connectivity index (χ1v) is 8.63. The molecule has 0 radical (unpaired) electrons. The Morgan fingerprint density at radius 2 is 1.92 bits per heavy atom. The molecule has 0 aliphatic heterocycles. The predicted molar refractivity (Wildman–Crippen MR) is 96.5 cm³/mol. The van der Waals surface area contributed by atoms with Crippen LogP contribution < -0.4 is 10.0 Å². The molecule has 2 aromatic heterocycles. The maximum atomic E-state index is 12.2. The van der Waals surface area contributed by atoms with Crippen molar-refractivity contribution in [1.29, 1.82) is 0 Å². The number of ether oxygens (including phenoxy) is 1. The van der Waals surface area contributed by atoms with E-state index in [-0.39, 0.29) is 5.69 Å². The molecule has 8 heteroatoms. The summed E-state index contributed by atoms with van der Waals surface area (Å²) in [4.78, 5) is 28.5. The number of nitrogens with zero attached hydrogens (tertiary/aromatic N) is 2. The van der Waals surface area contributed by atoms with Gasteiger partial charge in [0.15, 0.2) is 17.4 Å². The van der Waals surface area contributed by atoms with E-state index in [9.17, 15) is 14.8 Å². The van der Waals surface area contributed by atoms with Crippen molar-refractivity contribution in [1.82, 2.24) is 4.98 Å². The molecule has 0 aliphatic carbocycles. The van der Waals surface area contributed by atoms with Gasteiger partial charge in [-0.1, -0.05) is 30.3 Å². The summed E-state index contributed by atoms with van der Waals surface area (Å²) in [6.45, 7) is 1.43. The molecular weight excluding hydrogens is 354 g/mol. The summed E-state index contributed by atoms with van der Waals surface area (Å²) in [5, 5.41) is 16.4. The second kappa shape index (κ2) is 7.75. The van der Waals surface area contributed by atoms with Gasteiger partial charge >= 0.3 is 11.7 Å². The Balaban J connectivity index is 1.62. The topological polar surface area (TPSA) is 95.2 Å². The summed E-state index contributed by atoms with van der Waals surface area (Å²) in [6, 6.07) is 13.9. The maximum Gasteiger partial charge on any atom is 0.405 e. The zero-order valence-electron chi connectivity index (χ0n) is 13.8. The molecule has 26 heavy (non-hydrogen) atoms. The molecule has 3 aromatic rings. The number of carbonyl (C=O) groups is 2. The number of hydrogen-bond acceptors (Lipinski definition) is 6. The van der Waals surface area contributed by atoms with Gasteiger partial charge in [-0.3, -0.25) is 10.1 Å². The number of pyridine rings is 1. The van der Waals surface area contributed by atoms with E-state index in [0.717, 1.165) is 11.3 Å². The average molecular weight is 369 g/mol. The summed E-state index contributed by atoms with van der Waals surface area (Å²) in [7, 11) is 0. The zero-order valence-corrected chi connectivity index (χ0v) is 14.6. The number of nitrogens with one attached hydrogen (secondary N) is 1. The molecule has 7 nitrogen and oxygen atoms in total. The van der Waals surface area contributed by atoms with Gasteiger partial charge in [0, 0.05) is 23.1 Å². The molecule has 0 saturated carbocycles.